The number of phenolic OH excluding ortho intramolecular Hbond substituents is 1. The summed E-state index contributed by atoms with van der Waals surface area (Å²) in [5.41, 5.74) is 5.65. The van der Waals surface area contributed by atoms with Crippen molar-refractivity contribution in [1.29, 1.82) is 0 Å². The average molecular weight is 265 g/mol. The molecule has 1 aromatic carbocycles. The number of methoxy groups -OCH3 is 2. The van der Waals surface area contributed by atoms with Gasteiger partial charge < -0.3 is 20.3 Å². The van der Waals surface area contributed by atoms with Crippen molar-refractivity contribution in [2.24, 2.45) is 5.73 Å². The molecule has 0 aliphatic carbocycles. The van der Waals surface area contributed by atoms with Crippen molar-refractivity contribution in [2.75, 3.05) is 14.2 Å². The van der Waals surface area contributed by atoms with E-state index in [4.69, 9.17) is 15.2 Å². The van der Waals surface area contributed by atoms with Crippen LogP contribution in [0.15, 0.2) is 12.1 Å². The number of rotatable bonds is 4. The van der Waals surface area contributed by atoms with Gasteiger partial charge in [0.05, 0.1) is 20.6 Å². The largest absolute Gasteiger partial charge is 0.502 e. The lowest BCUT2D eigenvalue weighted by Crippen LogP contribution is -2.20. The lowest BCUT2D eigenvalue weighted by molar-refractivity contribution is -0.138. The molecule has 0 unspecified atom stereocenters. The van der Waals surface area contributed by atoms with Crippen LogP contribution in [-0.2, 0) is 0 Å². The molecule has 1 atom stereocenters. The second-order valence-corrected chi connectivity index (χ2v) is 3.70. The van der Waals surface area contributed by atoms with Crippen LogP contribution in [0.5, 0.6) is 17.2 Å². The Morgan fingerprint density at radius 1 is 1.22 bits per heavy atom. The smallest absolute Gasteiger partial charge is 0.390 e. The Morgan fingerprint density at radius 3 is 2.00 bits per heavy atom. The van der Waals surface area contributed by atoms with Crippen molar-refractivity contribution in [1.82, 2.24) is 0 Å². The number of hydrogen-bond donors (Lipinski definition) is 2. The van der Waals surface area contributed by atoms with E-state index in [9.17, 15) is 18.3 Å². The van der Waals surface area contributed by atoms with Gasteiger partial charge in [0, 0.05) is 6.04 Å². The molecule has 3 N–H and O–H groups in total. The number of phenols is 1. The van der Waals surface area contributed by atoms with Crippen LogP contribution in [0.4, 0.5) is 13.2 Å². The molecular weight excluding hydrogens is 251 g/mol. The van der Waals surface area contributed by atoms with Crippen LogP contribution in [0.2, 0.25) is 0 Å². The maximum Gasteiger partial charge on any atom is 0.390 e. The number of aromatic hydroxyl groups is 1. The first-order chi connectivity index (χ1) is 8.28. The molecule has 102 valence electrons. The Balaban J connectivity index is 3.09. The van der Waals surface area contributed by atoms with Gasteiger partial charge in [-0.05, 0) is 17.7 Å². The third kappa shape index (κ3) is 3.43. The van der Waals surface area contributed by atoms with E-state index >= 15 is 0 Å². The van der Waals surface area contributed by atoms with Crippen LogP contribution in [0.3, 0.4) is 0 Å². The summed E-state index contributed by atoms with van der Waals surface area (Å²) in [6, 6.07) is 1.27. The van der Waals surface area contributed by atoms with E-state index < -0.39 is 18.6 Å². The Kier molecular flexibility index (Phi) is 4.28. The van der Waals surface area contributed by atoms with Crippen molar-refractivity contribution in [3.05, 3.63) is 17.7 Å². The third-order valence-electron chi connectivity index (χ3n) is 2.38. The lowest BCUT2D eigenvalue weighted by Gasteiger charge is -2.17. The van der Waals surface area contributed by atoms with E-state index in [1.54, 1.807) is 0 Å². The molecule has 4 nitrogen and oxygen atoms in total. The molecule has 1 aromatic rings. The van der Waals surface area contributed by atoms with Crippen molar-refractivity contribution >= 4 is 0 Å². The molecule has 0 heterocycles. The minimum Gasteiger partial charge on any atom is -0.502 e. The first kappa shape index (κ1) is 14.4. The monoisotopic (exact) mass is 265 g/mol. The minimum atomic E-state index is -4.36. The van der Waals surface area contributed by atoms with Crippen LogP contribution >= 0.6 is 0 Å². The molecule has 0 aromatic heterocycles. The summed E-state index contributed by atoms with van der Waals surface area (Å²) in [6.45, 7) is 0. The molecule has 0 fully saturated rings. The SMILES string of the molecule is COc1cc([C@@H](N)CC(F)(F)F)cc(OC)c1O. The molecule has 0 saturated heterocycles. The van der Waals surface area contributed by atoms with E-state index in [2.05, 4.69) is 0 Å². The van der Waals surface area contributed by atoms with Gasteiger partial charge in [-0.25, -0.2) is 0 Å². The van der Waals surface area contributed by atoms with Gasteiger partial charge in [0.15, 0.2) is 11.5 Å². The molecule has 0 spiro atoms. The predicted octanol–water partition coefficient (Wildman–Crippen LogP) is 2.36. The molecule has 0 saturated carbocycles. The van der Waals surface area contributed by atoms with Crippen molar-refractivity contribution in [3.8, 4) is 17.2 Å². The fourth-order valence-corrected chi connectivity index (χ4v) is 1.50. The molecular formula is C11H14F3NO3. The van der Waals surface area contributed by atoms with E-state index in [-0.39, 0.29) is 22.8 Å². The highest BCUT2D eigenvalue weighted by Crippen LogP contribution is 2.39. The highest BCUT2D eigenvalue weighted by Gasteiger charge is 2.31. The molecule has 0 amide bonds. The van der Waals surface area contributed by atoms with E-state index in [0.29, 0.717) is 0 Å². The quantitative estimate of drug-likeness (QED) is 0.877. The van der Waals surface area contributed by atoms with Gasteiger partial charge in [0.2, 0.25) is 5.75 Å². The van der Waals surface area contributed by atoms with Gasteiger partial charge in [-0.15, -0.1) is 0 Å². The molecule has 0 radical (unpaired) electrons. The molecule has 7 heteroatoms. The standard InChI is InChI=1S/C11H14F3NO3/c1-17-8-3-6(4-9(18-2)10(8)16)7(15)5-11(12,13)14/h3-4,7,16H,5,15H2,1-2H3/t7-/m0/s1. The number of benzene rings is 1. The predicted molar refractivity (Wildman–Crippen MR) is 58.8 cm³/mol. The van der Waals surface area contributed by atoms with Crippen LogP contribution in [0, 0.1) is 0 Å². The second kappa shape index (κ2) is 5.34. The zero-order chi connectivity index (χ0) is 13.9. The molecule has 1 rings (SSSR count). The van der Waals surface area contributed by atoms with Gasteiger partial charge in [-0.2, -0.15) is 13.2 Å². The van der Waals surface area contributed by atoms with Crippen molar-refractivity contribution < 1.29 is 27.8 Å². The average Bonchev–Trinajstić information content (AvgIpc) is 2.27. The summed E-state index contributed by atoms with van der Waals surface area (Å²) < 4.78 is 46.4. The van der Waals surface area contributed by atoms with Crippen molar-refractivity contribution in [2.45, 2.75) is 18.6 Å². The fourth-order valence-electron chi connectivity index (χ4n) is 1.50. The molecule has 0 aliphatic rings. The maximum absolute atomic E-state index is 12.2. The molecule has 0 aliphatic heterocycles. The topological polar surface area (TPSA) is 64.7 Å². The zero-order valence-electron chi connectivity index (χ0n) is 9.91. The number of nitrogens with two attached hydrogens (primary N) is 1. The van der Waals surface area contributed by atoms with E-state index in [1.165, 1.54) is 26.4 Å². The van der Waals surface area contributed by atoms with Crippen LogP contribution < -0.4 is 15.2 Å². The second-order valence-electron chi connectivity index (χ2n) is 3.70. The number of ether oxygens (including phenoxy) is 2. The van der Waals surface area contributed by atoms with Gasteiger partial charge in [0.1, 0.15) is 0 Å². The summed E-state index contributed by atoms with van der Waals surface area (Å²) in [5.74, 6) is -0.244. The third-order valence-corrected chi connectivity index (χ3v) is 2.38. The van der Waals surface area contributed by atoms with Gasteiger partial charge in [-0.3, -0.25) is 0 Å². The Bertz CT molecular complexity index is 395. The van der Waals surface area contributed by atoms with Crippen LogP contribution in [0.25, 0.3) is 0 Å². The van der Waals surface area contributed by atoms with Crippen LogP contribution in [0.1, 0.15) is 18.0 Å². The summed E-state index contributed by atoms with van der Waals surface area (Å²) in [4.78, 5) is 0. The summed E-state index contributed by atoms with van der Waals surface area (Å²) in [6.07, 6.45) is -5.53. The van der Waals surface area contributed by atoms with Gasteiger partial charge >= 0.3 is 6.18 Å². The number of halogens is 3. The number of alkyl halides is 3. The highest BCUT2D eigenvalue weighted by atomic mass is 19.4. The maximum atomic E-state index is 12.2. The normalized spacial score (nSPS) is 13.2. The van der Waals surface area contributed by atoms with E-state index in [0.717, 1.165) is 0 Å². The van der Waals surface area contributed by atoms with Gasteiger partial charge in [-0.1, -0.05) is 0 Å². The fraction of sp³-hybridized carbons (Fsp3) is 0.455. The Morgan fingerprint density at radius 2 is 1.67 bits per heavy atom. The van der Waals surface area contributed by atoms with Crippen LogP contribution in [-0.4, -0.2) is 25.5 Å². The lowest BCUT2D eigenvalue weighted by atomic mass is 10.0. The summed E-state index contributed by atoms with van der Waals surface area (Å²) in [7, 11) is 2.57. The Hall–Kier alpha value is -1.63. The molecule has 0 bridgehead atoms. The summed E-state index contributed by atoms with van der Waals surface area (Å²) >= 11 is 0. The Labute approximate surface area is 102 Å². The zero-order valence-corrected chi connectivity index (χ0v) is 9.91. The van der Waals surface area contributed by atoms with E-state index in [1.807, 2.05) is 0 Å². The first-order valence-corrected chi connectivity index (χ1v) is 5.05. The van der Waals surface area contributed by atoms with Crippen molar-refractivity contribution in [3.63, 3.8) is 0 Å². The summed E-state index contributed by atoms with van der Waals surface area (Å²) in [5, 5.41) is 9.61. The molecule has 18 heavy (non-hydrogen) atoms. The highest BCUT2D eigenvalue weighted by molar-refractivity contribution is 5.53. The number of hydrogen-bond acceptors (Lipinski definition) is 4. The first-order valence-electron chi connectivity index (χ1n) is 5.05. The van der Waals surface area contributed by atoms with Gasteiger partial charge in [0.25, 0.3) is 0 Å². The minimum absolute atomic E-state index is 0.0157.